The van der Waals surface area contributed by atoms with Crippen LogP contribution in [-0.4, -0.2) is 38.7 Å². The molecule has 0 aliphatic heterocycles. The second-order valence-electron chi connectivity index (χ2n) is 5.62. The second kappa shape index (κ2) is 6.07. The van der Waals surface area contributed by atoms with Crippen molar-refractivity contribution in [3.05, 3.63) is 18.0 Å². The molecule has 2 rings (SSSR count). The van der Waals surface area contributed by atoms with Crippen LogP contribution >= 0.6 is 0 Å². The zero-order chi connectivity index (χ0) is 14.7. The first-order valence-corrected chi connectivity index (χ1v) is 6.92. The Kier molecular flexibility index (Phi) is 4.42. The van der Waals surface area contributed by atoms with Gasteiger partial charge in [0.05, 0.1) is 12.1 Å². The molecule has 1 aliphatic carbocycles. The van der Waals surface area contributed by atoms with E-state index in [2.05, 4.69) is 5.10 Å². The highest BCUT2D eigenvalue weighted by atomic mass is 16.4. The number of aromatic nitrogens is 2. The van der Waals surface area contributed by atoms with Crippen LogP contribution < -0.4 is 0 Å². The summed E-state index contributed by atoms with van der Waals surface area (Å²) in [5.41, 5.74) is 0.981. The third-order valence-electron chi connectivity index (χ3n) is 3.93. The van der Waals surface area contributed by atoms with Crippen LogP contribution in [0.25, 0.3) is 0 Å². The maximum Gasteiger partial charge on any atom is 0.306 e. The minimum absolute atomic E-state index is 0.0415. The zero-order valence-corrected chi connectivity index (χ0v) is 12.0. The molecule has 0 aromatic carbocycles. The molecule has 1 amide bonds. The van der Waals surface area contributed by atoms with E-state index >= 15 is 0 Å². The molecule has 1 saturated carbocycles. The SMILES string of the molecule is CN(Cc1cnn(C)c1)C(=O)[C@@H]1CCC[C@@H](C(=O)O)C1. The Hall–Kier alpha value is -1.85. The van der Waals surface area contributed by atoms with Crippen LogP contribution in [0.15, 0.2) is 12.4 Å². The van der Waals surface area contributed by atoms with Gasteiger partial charge in [-0.2, -0.15) is 5.10 Å². The highest BCUT2D eigenvalue weighted by molar-refractivity contribution is 5.80. The Balaban J connectivity index is 1.94. The number of carbonyl (C=O) groups excluding carboxylic acids is 1. The number of hydrogen-bond donors (Lipinski definition) is 1. The molecule has 0 spiro atoms. The maximum absolute atomic E-state index is 12.4. The Labute approximate surface area is 118 Å². The van der Waals surface area contributed by atoms with Crippen LogP contribution in [-0.2, 0) is 23.2 Å². The largest absolute Gasteiger partial charge is 0.481 e. The third-order valence-corrected chi connectivity index (χ3v) is 3.93. The average molecular weight is 279 g/mol. The number of nitrogens with zero attached hydrogens (tertiary/aromatic N) is 3. The lowest BCUT2D eigenvalue weighted by molar-refractivity contribution is -0.145. The molecule has 20 heavy (non-hydrogen) atoms. The lowest BCUT2D eigenvalue weighted by atomic mass is 9.81. The summed E-state index contributed by atoms with van der Waals surface area (Å²) in [6, 6.07) is 0. The van der Waals surface area contributed by atoms with E-state index in [1.54, 1.807) is 22.8 Å². The van der Waals surface area contributed by atoms with Gasteiger partial charge in [-0.15, -0.1) is 0 Å². The molecule has 6 nitrogen and oxygen atoms in total. The minimum atomic E-state index is -0.780. The van der Waals surface area contributed by atoms with Gasteiger partial charge < -0.3 is 10.0 Å². The smallest absolute Gasteiger partial charge is 0.306 e. The van der Waals surface area contributed by atoms with Crippen LogP contribution in [0.4, 0.5) is 0 Å². The van der Waals surface area contributed by atoms with Gasteiger partial charge in [0.15, 0.2) is 0 Å². The Morgan fingerprint density at radius 2 is 2.15 bits per heavy atom. The van der Waals surface area contributed by atoms with E-state index in [0.717, 1.165) is 18.4 Å². The molecule has 1 heterocycles. The van der Waals surface area contributed by atoms with Gasteiger partial charge >= 0.3 is 5.97 Å². The Bertz CT molecular complexity index is 498. The van der Waals surface area contributed by atoms with Gasteiger partial charge in [0.25, 0.3) is 0 Å². The normalized spacial score (nSPS) is 22.5. The number of carboxylic acids is 1. The monoisotopic (exact) mass is 279 g/mol. The van der Waals surface area contributed by atoms with Crippen molar-refractivity contribution < 1.29 is 14.7 Å². The van der Waals surface area contributed by atoms with Crippen molar-refractivity contribution in [2.45, 2.75) is 32.2 Å². The Morgan fingerprint density at radius 3 is 2.75 bits per heavy atom. The van der Waals surface area contributed by atoms with E-state index in [1.165, 1.54) is 0 Å². The van der Waals surface area contributed by atoms with Crippen molar-refractivity contribution in [3.8, 4) is 0 Å². The second-order valence-corrected chi connectivity index (χ2v) is 5.62. The van der Waals surface area contributed by atoms with Gasteiger partial charge in [0, 0.05) is 38.3 Å². The van der Waals surface area contributed by atoms with Crippen molar-refractivity contribution in [1.82, 2.24) is 14.7 Å². The molecular formula is C14H21N3O3. The van der Waals surface area contributed by atoms with E-state index in [4.69, 9.17) is 5.11 Å². The van der Waals surface area contributed by atoms with Gasteiger partial charge in [0.1, 0.15) is 0 Å². The van der Waals surface area contributed by atoms with Crippen molar-refractivity contribution >= 4 is 11.9 Å². The number of hydrogen-bond acceptors (Lipinski definition) is 3. The predicted octanol–water partition coefficient (Wildman–Crippen LogP) is 1.27. The van der Waals surface area contributed by atoms with E-state index in [0.29, 0.717) is 19.4 Å². The van der Waals surface area contributed by atoms with Gasteiger partial charge in [-0.25, -0.2) is 0 Å². The summed E-state index contributed by atoms with van der Waals surface area (Å²) in [5.74, 6) is -1.27. The number of carboxylic acid groups (broad SMARTS) is 1. The van der Waals surface area contributed by atoms with E-state index in [1.807, 2.05) is 13.2 Å². The number of carbonyl (C=O) groups is 2. The summed E-state index contributed by atoms with van der Waals surface area (Å²) >= 11 is 0. The molecule has 1 N–H and O–H groups in total. The van der Waals surface area contributed by atoms with Crippen LogP contribution in [0.5, 0.6) is 0 Å². The standard InChI is InChI=1S/C14H21N3O3/c1-16(8-10-7-15-17(2)9-10)13(18)11-4-3-5-12(6-11)14(19)20/h7,9,11-12H,3-6,8H2,1-2H3,(H,19,20)/t11-,12-/m1/s1. The van der Waals surface area contributed by atoms with Gasteiger partial charge in [-0.3, -0.25) is 14.3 Å². The number of rotatable bonds is 4. The fourth-order valence-corrected chi connectivity index (χ4v) is 2.86. The molecule has 0 unspecified atom stereocenters. The molecule has 0 saturated heterocycles. The van der Waals surface area contributed by atoms with Crippen molar-refractivity contribution in [1.29, 1.82) is 0 Å². The minimum Gasteiger partial charge on any atom is -0.481 e. The van der Waals surface area contributed by atoms with Crippen molar-refractivity contribution in [2.75, 3.05) is 7.05 Å². The Morgan fingerprint density at radius 1 is 1.45 bits per heavy atom. The van der Waals surface area contributed by atoms with Crippen LogP contribution in [0.1, 0.15) is 31.2 Å². The first-order valence-electron chi connectivity index (χ1n) is 6.92. The quantitative estimate of drug-likeness (QED) is 0.900. The molecule has 2 atom stereocenters. The van der Waals surface area contributed by atoms with E-state index in [9.17, 15) is 9.59 Å². The first-order chi connectivity index (χ1) is 9.47. The highest BCUT2D eigenvalue weighted by Gasteiger charge is 2.32. The highest BCUT2D eigenvalue weighted by Crippen LogP contribution is 2.30. The predicted molar refractivity (Wildman–Crippen MR) is 72.8 cm³/mol. The number of aliphatic carboxylic acids is 1. The molecule has 6 heteroatoms. The van der Waals surface area contributed by atoms with Crippen molar-refractivity contribution in [3.63, 3.8) is 0 Å². The molecule has 1 aromatic heterocycles. The lowest BCUT2D eigenvalue weighted by Crippen LogP contribution is -2.36. The summed E-state index contributed by atoms with van der Waals surface area (Å²) < 4.78 is 1.70. The molecule has 110 valence electrons. The molecule has 1 aliphatic rings. The average Bonchev–Trinajstić information content (AvgIpc) is 2.83. The maximum atomic E-state index is 12.4. The summed E-state index contributed by atoms with van der Waals surface area (Å²) in [5, 5.41) is 13.2. The summed E-state index contributed by atoms with van der Waals surface area (Å²) in [7, 11) is 3.60. The van der Waals surface area contributed by atoms with Gasteiger partial charge in [-0.1, -0.05) is 6.42 Å². The van der Waals surface area contributed by atoms with Crippen LogP contribution in [0.3, 0.4) is 0 Å². The van der Waals surface area contributed by atoms with Crippen LogP contribution in [0, 0.1) is 11.8 Å². The summed E-state index contributed by atoms with van der Waals surface area (Å²) in [4.78, 5) is 25.1. The lowest BCUT2D eigenvalue weighted by Gasteiger charge is -2.29. The van der Waals surface area contributed by atoms with Gasteiger partial charge in [0.2, 0.25) is 5.91 Å². The zero-order valence-electron chi connectivity index (χ0n) is 12.0. The summed E-state index contributed by atoms with van der Waals surface area (Å²) in [6.45, 7) is 0.515. The first kappa shape index (κ1) is 14.6. The summed E-state index contributed by atoms with van der Waals surface area (Å²) in [6.07, 6.45) is 6.38. The van der Waals surface area contributed by atoms with Gasteiger partial charge in [-0.05, 0) is 19.3 Å². The molecule has 0 bridgehead atoms. The third kappa shape index (κ3) is 3.37. The van der Waals surface area contributed by atoms with E-state index in [-0.39, 0.29) is 17.7 Å². The van der Waals surface area contributed by atoms with E-state index < -0.39 is 5.97 Å². The topological polar surface area (TPSA) is 75.4 Å². The molecule has 1 aromatic rings. The fourth-order valence-electron chi connectivity index (χ4n) is 2.86. The van der Waals surface area contributed by atoms with Crippen molar-refractivity contribution in [2.24, 2.45) is 18.9 Å². The molecular weight excluding hydrogens is 258 g/mol. The molecule has 0 radical (unpaired) electrons. The van der Waals surface area contributed by atoms with Crippen LogP contribution in [0.2, 0.25) is 0 Å². The number of aryl methyl sites for hydroxylation is 1. The fraction of sp³-hybridized carbons (Fsp3) is 0.643. The number of amides is 1. The molecule has 1 fully saturated rings.